The SMILES string of the molecule is NCCCCCC(=O)O.O=C(CSc1ncccn1)NCCCCCC(=O)ON1C(=O)CCC1=O.O=C(CSc1ncccn1)ON1C(=O)CCC1=O.O=C(O)CCCCCNC(=O)CSc1ncccn1.O=C(O)CSc1ncccn1. The van der Waals surface area contributed by atoms with Crippen LogP contribution in [0.1, 0.15) is 103 Å². The van der Waals surface area contributed by atoms with Crippen molar-refractivity contribution < 1.29 is 77.7 Å². The number of aliphatic carboxylic acids is 3. The number of nitrogens with one attached hydrogen (secondary N) is 2. The second-order valence-electron chi connectivity index (χ2n) is 16.5. The Morgan fingerprint density at radius 3 is 1.07 bits per heavy atom. The molecule has 6 heterocycles. The second-order valence-corrected chi connectivity index (χ2v) is 20.2. The number of thioether (sulfide) groups is 4. The average Bonchev–Trinajstić information content (AvgIpc) is 3.99. The Kier molecular flexibility index (Phi) is 38.6. The summed E-state index contributed by atoms with van der Waals surface area (Å²) >= 11 is 4.72. The van der Waals surface area contributed by atoms with Crippen molar-refractivity contribution in [3.8, 4) is 0 Å². The molecule has 7 N–H and O–H groups in total. The van der Waals surface area contributed by atoms with Gasteiger partial charge in [-0.15, -0.1) is 10.1 Å². The summed E-state index contributed by atoms with van der Waals surface area (Å²) in [5.74, 6) is -5.27. The summed E-state index contributed by atoms with van der Waals surface area (Å²) in [6, 6.07) is 6.77. The maximum atomic E-state index is 11.7. The van der Waals surface area contributed by atoms with Gasteiger partial charge in [0.25, 0.3) is 23.6 Å². The molecule has 4 aromatic heterocycles. The van der Waals surface area contributed by atoms with Crippen LogP contribution in [0, 0.1) is 0 Å². The molecule has 0 aliphatic carbocycles. The molecule has 450 valence electrons. The number of carboxylic acid groups (broad SMARTS) is 3. The number of hydroxylamine groups is 4. The molecule has 0 aromatic carbocycles. The lowest BCUT2D eigenvalue weighted by Gasteiger charge is -2.12. The number of carbonyl (C=O) groups is 11. The van der Waals surface area contributed by atoms with Crippen LogP contribution in [0.2, 0.25) is 0 Å². The van der Waals surface area contributed by atoms with E-state index in [0.29, 0.717) is 81.8 Å². The van der Waals surface area contributed by atoms with E-state index in [1.807, 2.05) is 0 Å². The maximum absolute atomic E-state index is 11.7. The summed E-state index contributed by atoms with van der Waals surface area (Å²) < 4.78 is 0. The number of carboxylic acids is 3. The van der Waals surface area contributed by atoms with Crippen molar-refractivity contribution in [2.24, 2.45) is 5.73 Å². The van der Waals surface area contributed by atoms with Crippen LogP contribution in [-0.4, -0.2) is 173 Å². The number of nitrogens with two attached hydrogens (primary N) is 1. The largest absolute Gasteiger partial charge is 0.481 e. The van der Waals surface area contributed by atoms with Crippen LogP contribution < -0.4 is 16.4 Å². The Balaban J connectivity index is 0.000000371. The molecule has 6 amide bonds. The molecule has 0 saturated carbocycles. The van der Waals surface area contributed by atoms with E-state index in [2.05, 4.69) is 55.3 Å². The van der Waals surface area contributed by atoms with Crippen molar-refractivity contribution in [2.45, 2.75) is 123 Å². The molecule has 0 atom stereocenters. The fourth-order valence-electron chi connectivity index (χ4n) is 5.85. The van der Waals surface area contributed by atoms with Crippen LogP contribution in [0.4, 0.5) is 0 Å². The minimum Gasteiger partial charge on any atom is -0.481 e. The fourth-order valence-corrected chi connectivity index (χ4v) is 8.21. The van der Waals surface area contributed by atoms with Crippen molar-refractivity contribution in [1.29, 1.82) is 0 Å². The normalized spacial score (nSPS) is 12.2. The first-order valence-electron chi connectivity index (χ1n) is 25.6. The topological polar surface area (TPSA) is 427 Å². The molecule has 29 nitrogen and oxygen atoms in total. The minimum absolute atomic E-state index is 0.00398. The van der Waals surface area contributed by atoms with Crippen LogP contribution in [0.25, 0.3) is 0 Å². The zero-order valence-electron chi connectivity index (χ0n) is 45.0. The predicted octanol–water partition coefficient (Wildman–Crippen LogP) is 3.60. The third kappa shape index (κ3) is 37.1. The molecule has 2 saturated heterocycles. The highest BCUT2D eigenvalue weighted by atomic mass is 32.2. The molecule has 33 heteroatoms. The van der Waals surface area contributed by atoms with Gasteiger partial charge in [0.1, 0.15) is 5.75 Å². The zero-order valence-corrected chi connectivity index (χ0v) is 48.3. The van der Waals surface area contributed by atoms with Gasteiger partial charge in [-0.05, 0) is 69.3 Å². The maximum Gasteiger partial charge on any atom is 0.343 e. The lowest BCUT2D eigenvalue weighted by molar-refractivity contribution is -0.197. The summed E-state index contributed by atoms with van der Waals surface area (Å²) in [5, 5.41) is 33.6. The summed E-state index contributed by atoms with van der Waals surface area (Å²) in [6.07, 6.45) is 20.6. The van der Waals surface area contributed by atoms with Crippen molar-refractivity contribution in [3.05, 3.63) is 73.8 Å². The van der Waals surface area contributed by atoms with Gasteiger partial charge in [-0.2, -0.15) is 0 Å². The molecule has 2 aliphatic rings. The lowest BCUT2D eigenvalue weighted by Crippen LogP contribution is -2.32. The Hall–Kier alpha value is -7.75. The van der Waals surface area contributed by atoms with Crippen LogP contribution in [0.15, 0.2) is 94.5 Å². The summed E-state index contributed by atoms with van der Waals surface area (Å²) in [6.45, 7) is 1.75. The van der Waals surface area contributed by atoms with Gasteiger partial charge in [-0.1, -0.05) is 66.3 Å². The smallest absolute Gasteiger partial charge is 0.343 e. The van der Waals surface area contributed by atoms with Crippen molar-refractivity contribution in [3.63, 3.8) is 0 Å². The molecule has 0 spiro atoms. The van der Waals surface area contributed by atoms with Crippen molar-refractivity contribution >= 4 is 112 Å². The molecule has 4 aromatic rings. The molecular formula is C50H65N13O16S4. The van der Waals surface area contributed by atoms with E-state index >= 15 is 0 Å². The average molecular weight is 1230 g/mol. The molecule has 6 rings (SSSR count). The molecule has 2 aliphatic heterocycles. The van der Waals surface area contributed by atoms with Gasteiger partial charge in [-0.25, -0.2) is 49.5 Å². The Morgan fingerprint density at radius 2 is 0.735 bits per heavy atom. The zero-order chi connectivity index (χ0) is 60.9. The first-order valence-corrected chi connectivity index (χ1v) is 29.5. The number of hydrogen-bond donors (Lipinski definition) is 6. The number of amides is 6. The second kappa shape index (κ2) is 44.8. The van der Waals surface area contributed by atoms with E-state index < -0.39 is 53.5 Å². The van der Waals surface area contributed by atoms with E-state index in [9.17, 15) is 52.7 Å². The number of nitrogens with zero attached hydrogens (tertiary/aromatic N) is 10. The van der Waals surface area contributed by atoms with Crippen LogP contribution in [-0.2, 0) is 62.4 Å². The number of aromatic nitrogens is 8. The van der Waals surface area contributed by atoms with Crippen LogP contribution in [0.5, 0.6) is 0 Å². The third-order valence-electron chi connectivity index (χ3n) is 9.74. The first-order chi connectivity index (χ1) is 40.0. The number of unbranched alkanes of at least 4 members (excludes halogenated alkanes) is 6. The Bertz CT molecular complexity index is 2600. The highest BCUT2D eigenvalue weighted by molar-refractivity contribution is 8.00. The summed E-state index contributed by atoms with van der Waals surface area (Å²) in [4.78, 5) is 162. The molecule has 0 radical (unpaired) electrons. The number of rotatable bonds is 31. The molecular weight excluding hydrogens is 1170 g/mol. The number of carbonyl (C=O) groups excluding carboxylic acids is 8. The summed E-state index contributed by atoms with van der Waals surface area (Å²) in [7, 11) is 0. The Morgan fingerprint density at radius 1 is 0.422 bits per heavy atom. The van der Waals surface area contributed by atoms with E-state index in [4.69, 9.17) is 25.9 Å². The van der Waals surface area contributed by atoms with E-state index in [1.54, 1.807) is 73.8 Å². The predicted molar refractivity (Wildman–Crippen MR) is 299 cm³/mol. The van der Waals surface area contributed by atoms with Gasteiger partial charge in [0.05, 0.1) is 17.3 Å². The van der Waals surface area contributed by atoms with Gasteiger partial charge in [0, 0.05) is 108 Å². The molecule has 83 heavy (non-hydrogen) atoms. The Labute approximate surface area is 494 Å². The standard InChI is InChI=1S/C16H20N4O5S.C12H17N3O3S.C10H9N3O4S.C6H6N2O2S.C6H13NO2/c21-12(11-26-16-18-9-4-10-19-16)17-8-3-1-2-5-15(24)25-20-13(22)6-7-14(20)23;16-10(9-19-12-14-7-4-8-15-12)13-6-3-1-2-5-11(17)18;14-7-2-3-8(15)13(7)17-9(16)6-18-10-11-4-1-5-12-10;9-5(10)4-11-6-7-2-1-3-8-6;7-5-3-1-2-4-6(8)9/h4,9-10H,1-3,5-8,11H2,(H,17,21);4,7-8H,1-3,5-6,9H2,(H,13,16)(H,17,18);1,4-5H,2-3,6H2;1-3H,4H2,(H,9,10);1-5,7H2,(H,8,9). The van der Waals surface area contributed by atoms with Gasteiger partial charge >= 0.3 is 29.8 Å². The minimum atomic E-state index is -0.859. The summed E-state index contributed by atoms with van der Waals surface area (Å²) in [5.41, 5.74) is 5.20. The highest BCUT2D eigenvalue weighted by Crippen LogP contribution is 2.17. The number of hydrogen-bond acceptors (Lipinski definition) is 26. The van der Waals surface area contributed by atoms with Crippen molar-refractivity contribution in [1.82, 2.24) is 60.6 Å². The van der Waals surface area contributed by atoms with Gasteiger partial charge < -0.3 is 41.4 Å². The molecule has 2 fully saturated rings. The monoisotopic (exact) mass is 1230 g/mol. The van der Waals surface area contributed by atoms with E-state index in [0.717, 1.165) is 55.6 Å². The fraction of sp³-hybridized carbons (Fsp3) is 0.460. The molecule has 0 bridgehead atoms. The third-order valence-corrected chi connectivity index (χ3v) is 13.2. The lowest BCUT2D eigenvalue weighted by atomic mass is 10.2. The highest BCUT2D eigenvalue weighted by Gasteiger charge is 2.33. The van der Waals surface area contributed by atoms with Gasteiger partial charge in [0.2, 0.25) is 11.8 Å². The molecule has 0 unspecified atom stereocenters. The van der Waals surface area contributed by atoms with Crippen LogP contribution >= 0.6 is 47.0 Å². The number of imide groups is 2. The van der Waals surface area contributed by atoms with Crippen LogP contribution in [0.3, 0.4) is 0 Å². The quantitative estimate of drug-likeness (QED) is 0.0181. The first kappa shape index (κ1) is 71.4. The van der Waals surface area contributed by atoms with E-state index in [1.165, 1.54) is 23.5 Å². The van der Waals surface area contributed by atoms with Gasteiger partial charge in [0.15, 0.2) is 20.6 Å². The van der Waals surface area contributed by atoms with Gasteiger partial charge in [-0.3, -0.25) is 43.2 Å². The van der Waals surface area contributed by atoms with Crippen molar-refractivity contribution in [2.75, 3.05) is 42.6 Å². The van der Waals surface area contributed by atoms with E-state index in [-0.39, 0.29) is 74.0 Å².